The molecule has 2 amide bonds. The van der Waals surface area contributed by atoms with Crippen LogP contribution in [0.25, 0.3) is 0 Å². The van der Waals surface area contributed by atoms with Gasteiger partial charge in [0.1, 0.15) is 0 Å². The second kappa shape index (κ2) is 9.54. The Morgan fingerprint density at radius 3 is 2.22 bits per heavy atom. The minimum atomic E-state index is -0.0184. The first-order valence-electron chi connectivity index (χ1n) is 11.3. The van der Waals surface area contributed by atoms with Crippen molar-refractivity contribution in [3.8, 4) is 0 Å². The zero-order valence-electron chi connectivity index (χ0n) is 19.1. The van der Waals surface area contributed by atoms with E-state index in [-0.39, 0.29) is 23.3 Å². The molecule has 1 aromatic carbocycles. The van der Waals surface area contributed by atoms with E-state index >= 15 is 0 Å². The summed E-state index contributed by atoms with van der Waals surface area (Å²) in [5.74, 6) is 0.332. The van der Waals surface area contributed by atoms with Gasteiger partial charge in [0.05, 0.1) is 12.6 Å². The number of carbonyl (C=O) groups excluding carboxylic acids is 2. The zero-order chi connectivity index (χ0) is 22.9. The molecule has 0 aliphatic carbocycles. The van der Waals surface area contributed by atoms with Gasteiger partial charge in [-0.3, -0.25) is 14.5 Å². The summed E-state index contributed by atoms with van der Waals surface area (Å²) in [7, 11) is 0. The van der Waals surface area contributed by atoms with Crippen LogP contribution in [0.5, 0.6) is 0 Å². The molecule has 1 aromatic heterocycles. The van der Waals surface area contributed by atoms with Crippen LogP contribution in [0.1, 0.15) is 49.2 Å². The lowest BCUT2D eigenvalue weighted by Gasteiger charge is -2.39. The SMILES string of the molecule is CC(C)(C)CC(=O)N1CCN(C(=O)CN2CCc3sccc3[C@H]2c2ccc(Cl)cc2)CC1. The van der Waals surface area contributed by atoms with Gasteiger partial charge in [0.25, 0.3) is 0 Å². The van der Waals surface area contributed by atoms with Crippen LogP contribution in [0.4, 0.5) is 0 Å². The van der Waals surface area contributed by atoms with Gasteiger partial charge in [0.15, 0.2) is 0 Å². The Kier molecular flexibility index (Phi) is 6.94. The maximum Gasteiger partial charge on any atom is 0.236 e. The molecule has 7 heteroatoms. The first kappa shape index (κ1) is 23.3. The average molecular weight is 474 g/mol. The second-order valence-electron chi connectivity index (χ2n) is 9.97. The number of carbonyl (C=O) groups is 2. The van der Waals surface area contributed by atoms with E-state index in [0.717, 1.165) is 18.0 Å². The predicted molar refractivity (Wildman–Crippen MR) is 130 cm³/mol. The molecule has 3 heterocycles. The summed E-state index contributed by atoms with van der Waals surface area (Å²) in [6, 6.07) is 10.2. The smallest absolute Gasteiger partial charge is 0.236 e. The standard InChI is InChI=1S/C25H32ClN3O2S/c1-25(2,3)16-22(30)27-11-13-28(14-12-27)23(31)17-29-10-8-21-20(9-15-32-21)24(29)18-4-6-19(26)7-5-18/h4-7,9,15,24H,8,10-14,16-17H2,1-3H3/t24-/m1/s1. The molecule has 2 aliphatic heterocycles. The van der Waals surface area contributed by atoms with Crippen molar-refractivity contribution in [3.05, 3.63) is 56.7 Å². The number of piperazine rings is 1. The number of thiophene rings is 1. The molecular weight excluding hydrogens is 442 g/mol. The van der Waals surface area contributed by atoms with Crippen molar-refractivity contribution in [3.63, 3.8) is 0 Å². The van der Waals surface area contributed by atoms with Gasteiger partial charge >= 0.3 is 0 Å². The Bertz CT molecular complexity index is 958. The summed E-state index contributed by atoms with van der Waals surface area (Å²) in [6.45, 7) is 9.95. The summed E-state index contributed by atoms with van der Waals surface area (Å²) in [4.78, 5) is 33.3. The van der Waals surface area contributed by atoms with Crippen LogP contribution in [0, 0.1) is 5.41 Å². The van der Waals surface area contributed by atoms with Crippen LogP contribution in [0.3, 0.4) is 0 Å². The summed E-state index contributed by atoms with van der Waals surface area (Å²) in [6.07, 6.45) is 1.51. The molecule has 0 radical (unpaired) electrons. The predicted octanol–water partition coefficient (Wildman–Crippen LogP) is 4.46. The number of halogens is 1. The van der Waals surface area contributed by atoms with Crippen molar-refractivity contribution in [2.45, 2.75) is 39.7 Å². The van der Waals surface area contributed by atoms with Gasteiger partial charge in [-0.2, -0.15) is 0 Å². The van der Waals surface area contributed by atoms with Gasteiger partial charge in [-0.05, 0) is 46.5 Å². The summed E-state index contributed by atoms with van der Waals surface area (Å²) in [5.41, 5.74) is 2.45. The van der Waals surface area contributed by atoms with E-state index in [2.05, 4.69) is 49.3 Å². The van der Waals surface area contributed by atoms with Crippen LogP contribution < -0.4 is 0 Å². The van der Waals surface area contributed by atoms with Gasteiger partial charge in [-0.25, -0.2) is 0 Å². The lowest BCUT2D eigenvalue weighted by atomic mass is 9.91. The molecule has 2 aliphatic rings. The third-order valence-corrected chi connectivity index (χ3v) is 7.50. The van der Waals surface area contributed by atoms with Crippen molar-refractivity contribution >= 4 is 34.8 Å². The highest BCUT2D eigenvalue weighted by atomic mass is 35.5. The highest BCUT2D eigenvalue weighted by Gasteiger charge is 2.33. The molecule has 1 saturated heterocycles. The quantitative estimate of drug-likeness (QED) is 0.658. The summed E-state index contributed by atoms with van der Waals surface area (Å²) >= 11 is 7.92. The number of rotatable bonds is 4. The Labute approximate surface area is 199 Å². The molecule has 32 heavy (non-hydrogen) atoms. The van der Waals surface area contributed by atoms with Crippen molar-refractivity contribution in [2.24, 2.45) is 5.41 Å². The van der Waals surface area contributed by atoms with E-state index in [1.54, 1.807) is 11.3 Å². The molecule has 1 atom stereocenters. The number of hydrogen-bond acceptors (Lipinski definition) is 4. The summed E-state index contributed by atoms with van der Waals surface area (Å²) < 4.78 is 0. The molecule has 1 fully saturated rings. The molecule has 172 valence electrons. The first-order chi connectivity index (χ1) is 15.2. The monoisotopic (exact) mass is 473 g/mol. The van der Waals surface area contributed by atoms with Crippen molar-refractivity contribution in [2.75, 3.05) is 39.3 Å². The molecule has 5 nitrogen and oxygen atoms in total. The molecule has 0 bridgehead atoms. The van der Waals surface area contributed by atoms with Gasteiger partial charge in [-0.15, -0.1) is 11.3 Å². The van der Waals surface area contributed by atoms with Crippen molar-refractivity contribution < 1.29 is 9.59 Å². The molecule has 0 spiro atoms. The van der Waals surface area contributed by atoms with Crippen LogP contribution in [-0.4, -0.2) is 65.8 Å². The largest absolute Gasteiger partial charge is 0.339 e. The molecule has 4 rings (SSSR count). The zero-order valence-corrected chi connectivity index (χ0v) is 20.7. The number of hydrogen-bond donors (Lipinski definition) is 0. The maximum absolute atomic E-state index is 13.2. The van der Waals surface area contributed by atoms with Crippen LogP contribution in [0.15, 0.2) is 35.7 Å². The molecule has 0 unspecified atom stereocenters. The topological polar surface area (TPSA) is 43.9 Å². The molecule has 2 aromatic rings. The fourth-order valence-corrected chi connectivity index (χ4v) is 5.65. The molecule has 0 N–H and O–H groups in total. The minimum Gasteiger partial charge on any atom is -0.339 e. The maximum atomic E-state index is 13.2. The highest BCUT2D eigenvalue weighted by Crippen LogP contribution is 2.38. The fraction of sp³-hybridized carbons (Fsp3) is 0.520. The van der Waals surface area contributed by atoms with E-state index in [0.29, 0.717) is 39.1 Å². The minimum absolute atomic E-state index is 0.0184. The third-order valence-electron chi connectivity index (χ3n) is 6.26. The van der Waals surface area contributed by atoms with E-state index in [9.17, 15) is 9.59 Å². The van der Waals surface area contributed by atoms with Gasteiger partial charge in [0, 0.05) is 49.0 Å². The van der Waals surface area contributed by atoms with Crippen molar-refractivity contribution in [1.82, 2.24) is 14.7 Å². The van der Waals surface area contributed by atoms with Crippen LogP contribution >= 0.6 is 22.9 Å². The number of nitrogens with zero attached hydrogens (tertiary/aromatic N) is 3. The van der Waals surface area contributed by atoms with Crippen molar-refractivity contribution in [1.29, 1.82) is 0 Å². The average Bonchev–Trinajstić information content (AvgIpc) is 3.22. The van der Waals surface area contributed by atoms with Crippen LogP contribution in [0.2, 0.25) is 5.02 Å². The first-order valence-corrected chi connectivity index (χ1v) is 12.6. The second-order valence-corrected chi connectivity index (χ2v) is 11.4. The van der Waals surface area contributed by atoms with Gasteiger partial charge in [0.2, 0.25) is 11.8 Å². The Morgan fingerprint density at radius 1 is 0.969 bits per heavy atom. The molecular formula is C25H32ClN3O2S. The summed E-state index contributed by atoms with van der Waals surface area (Å²) in [5, 5.41) is 2.86. The lowest BCUT2D eigenvalue weighted by Crippen LogP contribution is -2.53. The van der Waals surface area contributed by atoms with Gasteiger partial charge in [-0.1, -0.05) is 44.5 Å². The van der Waals surface area contributed by atoms with E-state index in [1.807, 2.05) is 21.9 Å². The van der Waals surface area contributed by atoms with Crippen LogP contribution in [-0.2, 0) is 16.0 Å². The third kappa shape index (κ3) is 5.36. The fourth-order valence-electron chi connectivity index (χ4n) is 4.62. The van der Waals surface area contributed by atoms with E-state index in [4.69, 9.17) is 11.6 Å². The lowest BCUT2D eigenvalue weighted by molar-refractivity contribution is -0.141. The number of benzene rings is 1. The Balaban J connectivity index is 1.41. The molecule has 0 saturated carbocycles. The Morgan fingerprint density at radius 2 is 1.59 bits per heavy atom. The number of fused-ring (bicyclic) bond motifs is 1. The number of amides is 2. The highest BCUT2D eigenvalue weighted by molar-refractivity contribution is 7.10. The Hall–Kier alpha value is -1.89. The van der Waals surface area contributed by atoms with Gasteiger partial charge < -0.3 is 9.80 Å². The van der Waals surface area contributed by atoms with E-state index < -0.39 is 0 Å². The van der Waals surface area contributed by atoms with E-state index in [1.165, 1.54) is 16.0 Å². The normalized spacial score (nSPS) is 19.7.